The van der Waals surface area contributed by atoms with Gasteiger partial charge in [0.05, 0.1) is 5.39 Å². The smallest absolute Gasteiger partial charge is 0.326 e. The van der Waals surface area contributed by atoms with Gasteiger partial charge in [-0.1, -0.05) is 47.7 Å². The lowest BCUT2D eigenvalue weighted by Crippen LogP contribution is -2.47. The van der Waals surface area contributed by atoms with E-state index in [4.69, 9.17) is 0 Å². The van der Waals surface area contributed by atoms with E-state index >= 15 is 0 Å². The molecule has 8 nitrogen and oxygen atoms in total. The molecule has 1 N–H and O–H groups in total. The van der Waals surface area contributed by atoms with Crippen LogP contribution >= 0.6 is 0 Å². The second kappa shape index (κ2) is 7.83. The molecule has 2 heterocycles. The largest absolute Gasteiger partial charge is 0.480 e. The van der Waals surface area contributed by atoms with Gasteiger partial charge in [0.1, 0.15) is 17.6 Å². The predicted molar refractivity (Wildman–Crippen MR) is 105 cm³/mol. The van der Waals surface area contributed by atoms with E-state index in [0.717, 1.165) is 10.2 Å². The number of carbonyl (C=O) groups is 2. The summed E-state index contributed by atoms with van der Waals surface area (Å²) in [5.41, 5.74) is 0.874. The normalized spacial score (nSPS) is 17.4. The molecule has 0 bridgehead atoms. The number of rotatable bonds is 5. The summed E-state index contributed by atoms with van der Waals surface area (Å²) in [6.45, 7) is 0.344. The molecule has 0 radical (unpaired) electrons. The Labute approximate surface area is 166 Å². The van der Waals surface area contributed by atoms with Crippen molar-refractivity contribution in [3.8, 4) is 0 Å². The minimum Gasteiger partial charge on any atom is -0.480 e. The van der Waals surface area contributed by atoms with Crippen LogP contribution in [-0.2, 0) is 16.0 Å². The van der Waals surface area contributed by atoms with E-state index in [-0.39, 0.29) is 6.42 Å². The van der Waals surface area contributed by atoms with Crippen LogP contribution in [0.5, 0.6) is 0 Å². The molecule has 8 heteroatoms. The highest BCUT2D eigenvalue weighted by molar-refractivity contribution is 5.87. The molecule has 2 atom stereocenters. The maximum absolute atomic E-state index is 13.4. The molecule has 1 aliphatic heterocycles. The minimum atomic E-state index is -1.04. The Kier molecular flexibility index (Phi) is 5.07. The molecule has 1 fully saturated rings. The molecule has 0 spiro atoms. The van der Waals surface area contributed by atoms with Gasteiger partial charge >= 0.3 is 5.97 Å². The van der Waals surface area contributed by atoms with E-state index in [1.165, 1.54) is 4.90 Å². The van der Waals surface area contributed by atoms with E-state index in [9.17, 15) is 19.5 Å². The van der Waals surface area contributed by atoms with Gasteiger partial charge in [-0.15, -0.1) is 5.10 Å². The van der Waals surface area contributed by atoms with E-state index in [1.807, 2.05) is 30.3 Å². The quantitative estimate of drug-likeness (QED) is 0.708. The average molecular weight is 392 g/mol. The summed E-state index contributed by atoms with van der Waals surface area (Å²) in [7, 11) is 0. The zero-order chi connectivity index (χ0) is 20.4. The van der Waals surface area contributed by atoms with Gasteiger partial charge in [0.25, 0.3) is 5.56 Å². The molecule has 2 aromatic carbocycles. The highest BCUT2D eigenvalue weighted by Gasteiger charge is 2.38. The molecule has 1 aliphatic rings. The average Bonchev–Trinajstić information content (AvgIpc) is 3.23. The number of hydrogen-bond donors (Lipinski definition) is 1. The van der Waals surface area contributed by atoms with Gasteiger partial charge in [-0.05, 0) is 30.5 Å². The fourth-order valence-electron chi connectivity index (χ4n) is 3.80. The van der Waals surface area contributed by atoms with Crippen LogP contribution in [0.15, 0.2) is 59.4 Å². The van der Waals surface area contributed by atoms with Gasteiger partial charge in [-0.25, -0.2) is 4.79 Å². The minimum absolute atomic E-state index is 0.218. The number of likely N-dealkylation sites (tertiary alicyclic amines) is 1. The van der Waals surface area contributed by atoms with Crippen molar-refractivity contribution in [2.24, 2.45) is 0 Å². The summed E-state index contributed by atoms with van der Waals surface area (Å²) in [5.74, 6) is -1.46. The molecular weight excluding hydrogens is 372 g/mol. The Morgan fingerprint density at radius 3 is 2.59 bits per heavy atom. The van der Waals surface area contributed by atoms with Crippen molar-refractivity contribution < 1.29 is 14.7 Å². The maximum Gasteiger partial charge on any atom is 0.326 e. The summed E-state index contributed by atoms with van der Waals surface area (Å²) >= 11 is 0. The molecule has 29 heavy (non-hydrogen) atoms. The molecule has 1 aromatic heterocycles. The number of carboxylic acids is 1. The number of aliphatic carboxylic acids is 1. The van der Waals surface area contributed by atoms with Gasteiger partial charge < -0.3 is 10.0 Å². The monoisotopic (exact) mass is 392 g/mol. The van der Waals surface area contributed by atoms with Gasteiger partial charge in [-0.2, -0.15) is 4.68 Å². The van der Waals surface area contributed by atoms with Crippen molar-refractivity contribution in [2.75, 3.05) is 6.54 Å². The molecule has 0 saturated carbocycles. The number of nitrogens with zero attached hydrogens (tertiary/aromatic N) is 4. The highest BCUT2D eigenvalue weighted by atomic mass is 16.4. The Morgan fingerprint density at radius 2 is 1.83 bits per heavy atom. The van der Waals surface area contributed by atoms with E-state index in [1.54, 1.807) is 24.3 Å². The number of fused-ring (bicyclic) bond motifs is 1. The zero-order valence-corrected chi connectivity index (χ0v) is 15.6. The number of hydrogen-bond acceptors (Lipinski definition) is 5. The lowest BCUT2D eigenvalue weighted by Gasteiger charge is -2.27. The van der Waals surface area contributed by atoms with Crippen molar-refractivity contribution in [1.82, 2.24) is 19.9 Å². The van der Waals surface area contributed by atoms with Crippen molar-refractivity contribution in [3.05, 3.63) is 70.5 Å². The zero-order valence-electron chi connectivity index (χ0n) is 15.6. The molecule has 2 unspecified atom stereocenters. The van der Waals surface area contributed by atoms with Crippen LogP contribution in [0.2, 0.25) is 0 Å². The Hall–Kier alpha value is -3.55. The number of carboxylic acid groups (broad SMARTS) is 1. The second-order valence-corrected chi connectivity index (χ2v) is 7.09. The molecular formula is C21H20N4O4. The molecule has 4 rings (SSSR count). The summed E-state index contributed by atoms with van der Waals surface area (Å²) in [6.07, 6.45) is 1.23. The summed E-state index contributed by atoms with van der Waals surface area (Å²) in [5, 5.41) is 18.0. The summed E-state index contributed by atoms with van der Waals surface area (Å²) < 4.78 is 1.09. The molecule has 0 aliphatic carbocycles. The highest BCUT2D eigenvalue weighted by Crippen LogP contribution is 2.24. The number of carbonyl (C=O) groups excluding carboxylic acids is 1. The third-order valence-corrected chi connectivity index (χ3v) is 5.26. The second-order valence-electron chi connectivity index (χ2n) is 7.09. The topological polar surface area (TPSA) is 105 Å². The summed E-state index contributed by atoms with van der Waals surface area (Å²) in [4.78, 5) is 39.4. The fourth-order valence-corrected chi connectivity index (χ4v) is 3.80. The van der Waals surface area contributed by atoms with Crippen molar-refractivity contribution in [1.29, 1.82) is 0 Å². The molecule has 1 saturated heterocycles. The first-order valence-electron chi connectivity index (χ1n) is 9.47. The van der Waals surface area contributed by atoms with Crippen LogP contribution in [0, 0.1) is 0 Å². The lowest BCUT2D eigenvalue weighted by molar-refractivity contribution is -0.149. The van der Waals surface area contributed by atoms with Crippen molar-refractivity contribution in [3.63, 3.8) is 0 Å². The fraction of sp³-hybridized carbons (Fsp3) is 0.286. The van der Waals surface area contributed by atoms with Crippen molar-refractivity contribution >= 4 is 22.8 Å². The molecule has 3 aromatic rings. The van der Waals surface area contributed by atoms with Crippen LogP contribution in [0.25, 0.3) is 10.9 Å². The first kappa shape index (κ1) is 18.8. The van der Waals surface area contributed by atoms with Crippen LogP contribution in [0.4, 0.5) is 0 Å². The Bertz CT molecular complexity index is 1110. The maximum atomic E-state index is 13.4. The van der Waals surface area contributed by atoms with Gasteiger partial charge in [0.2, 0.25) is 5.91 Å². The van der Waals surface area contributed by atoms with Crippen LogP contribution < -0.4 is 5.56 Å². The third-order valence-electron chi connectivity index (χ3n) is 5.26. The van der Waals surface area contributed by atoms with Gasteiger partial charge in [0.15, 0.2) is 0 Å². The Morgan fingerprint density at radius 1 is 1.10 bits per heavy atom. The lowest BCUT2D eigenvalue weighted by atomic mass is 10.0. The number of aromatic nitrogens is 3. The van der Waals surface area contributed by atoms with Gasteiger partial charge in [-0.3, -0.25) is 9.59 Å². The number of amides is 1. The van der Waals surface area contributed by atoms with Crippen molar-refractivity contribution in [2.45, 2.75) is 31.3 Å². The molecule has 148 valence electrons. The standard InChI is InChI=1S/C21H20N4O4/c26-19-15-9-4-5-10-16(15)22-23-25(19)18(13-14-7-2-1-3-8-14)20(27)24-12-6-11-17(24)21(28)29/h1-5,7-10,17-18H,6,11-13H2,(H,28,29). The van der Waals surface area contributed by atoms with Crippen LogP contribution in [0.1, 0.15) is 24.4 Å². The number of benzene rings is 2. The van der Waals surface area contributed by atoms with E-state index < -0.39 is 29.5 Å². The van der Waals surface area contributed by atoms with Gasteiger partial charge in [0, 0.05) is 13.0 Å². The third kappa shape index (κ3) is 3.61. The molecule has 1 amide bonds. The first-order chi connectivity index (χ1) is 14.1. The SMILES string of the molecule is O=C(O)C1CCCN1C(=O)C(Cc1ccccc1)n1nnc2ccccc2c1=O. The van der Waals surface area contributed by atoms with Crippen LogP contribution in [0.3, 0.4) is 0 Å². The first-order valence-corrected chi connectivity index (χ1v) is 9.47. The van der Waals surface area contributed by atoms with E-state index in [0.29, 0.717) is 30.3 Å². The van der Waals surface area contributed by atoms with E-state index in [2.05, 4.69) is 10.3 Å². The predicted octanol–water partition coefficient (Wildman–Crippen LogP) is 1.65. The van der Waals surface area contributed by atoms with Crippen LogP contribution in [-0.4, -0.2) is 49.5 Å². The Balaban J connectivity index is 1.79. The summed E-state index contributed by atoms with van der Waals surface area (Å²) in [6, 6.07) is 14.2.